The van der Waals surface area contributed by atoms with Gasteiger partial charge in [0.05, 0.1) is 5.41 Å². The van der Waals surface area contributed by atoms with Gasteiger partial charge >= 0.3 is 12.1 Å². The van der Waals surface area contributed by atoms with Gasteiger partial charge < -0.3 is 20.1 Å². The zero-order valence-electron chi connectivity index (χ0n) is 19.5. The molecule has 2 N–H and O–H groups in total. The van der Waals surface area contributed by atoms with Crippen molar-refractivity contribution in [2.24, 2.45) is 17.3 Å². The number of hydrogen-bond acceptors (Lipinski definition) is 4. The average molecular weight is 463 g/mol. The minimum atomic E-state index is -0.836. The van der Waals surface area contributed by atoms with Crippen molar-refractivity contribution in [3.63, 3.8) is 0 Å². The Balaban J connectivity index is 1.26. The van der Waals surface area contributed by atoms with E-state index in [4.69, 9.17) is 4.74 Å². The van der Waals surface area contributed by atoms with Crippen molar-refractivity contribution in [2.75, 3.05) is 19.7 Å². The maximum atomic E-state index is 13.3. The first-order valence-electron chi connectivity index (χ1n) is 12.0. The third-order valence-electron chi connectivity index (χ3n) is 7.98. The van der Waals surface area contributed by atoms with E-state index in [0.717, 1.165) is 22.3 Å². The molecule has 0 spiro atoms. The molecule has 7 heteroatoms. The summed E-state index contributed by atoms with van der Waals surface area (Å²) in [5.41, 5.74) is 3.77. The minimum absolute atomic E-state index is 0.0148. The van der Waals surface area contributed by atoms with Crippen molar-refractivity contribution >= 4 is 18.0 Å². The molecule has 34 heavy (non-hydrogen) atoms. The number of nitrogens with one attached hydrogen (secondary N) is 1. The molecule has 3 unspecified atom stereocenters. The molecule has 2 aliphatic carbocycles. The molecule has 2 amide bonds. The van der Waals surface area contributed by atoms with E-state index in [-0.39, 0.29) is 36.8 Å². The summed E-state index contributed by atoms with van der Waals surface area (Å²) in [6.45, 7) is 4.70. The fourth-order valence-electron chi connectivity index (χ4n) is 5.63. The van der Waals surface area contributed by atoms with Crippen molar-refractivity contribution in [1.29, 1.82) is 0 Å². The van der Waals surface area contributed by atoms with Gasteiger partial charge in [-0.25, -0.2) is 4.79 Å². The number of piperidine rings is 1. The van der Waals surface area contributed by atoms with E-state index in [0.29, 0.717) is 19.4 Å². The highest BCUT2D eigenvalue weighted by atomic mass is 16.5. The Morgan fingerprint density at radius 1 is 1.12 bits per heavy atom. The SMILES string of the molecule is CCC(C)[C@H](NC(=O)OCC1c2ccccc2-c2ccccc21)C(=O)N1CC2CC2(C(=O)O)C1. The van der Waals surface area contributed by atoms with Gasteiger partial charge in [0.25, 0.3) is 0 Å². The second kappa shape index (κ2) is 8.46. The molecule has 2 aromatic rings. The third-order valence-corrected chi connectivity index (χ3v) is 7.98. The number of likely N-dealkylation sites (tertiary alicyclic amines) is 1. The quantitative estimate of drug-likeness (QED) is 0.651. The number of carbonyl (C=O) groups excluding carboxylic acids is 2. The summed E-state index contributed by atoms with van der Waals surface area (Å²) in [7, 11) is 0. The second-order valence-corrected chi connectivity index (χ2v) is 9.91. The lowest BCUT2D eigenvalue weighted by Crippen LogP contribution is -2.52. The third kappa shape index (κ3) is 3.63. The first-order chi connectivity index (χ1) is 16.4. The molecule has 2 aromatic carbocycles. The van der Waals surface area contributed by atoms with E-state index >= 15 is 0 Å². The molecule has 1 heterocycles. The average Bonchev–Trinajstić information content (AvgIpc) is 3.27. The summed E-state index contributed by atoms with van der Waals surface area (Å²) in [4.78, 5) is 39.3. The Morgan fingerprint density at radius 3 is 2.29 bits per heavy atom. The van der Waals surface area contributed by atoms with Crippen molar-refractivity contribution in [3.05, 3.63) is 59.7 Å². The lowest BCUT2D eigenvalue weighted by Gasteiger charge is -2.29. The van der Waals surface area contributed by atoms with Crippen molar-refractivity contribution in [1.82, 2.24) is 10.2 Å². The lowest BCUT2D eigenvalue weighted by atomic mass is 9.97. The molecule has 2 fully saturated rings. The van der Waals surface area contributed by atoms with Gasteiger partial charge in [0.1, 0.15) is 12.6 Å². The van der Waals surface area contributed by atoms with Crippen LogP contribution in [0.5, 0.6) is 0 Å². The summed E-state index contributed by atoms with van der Waals surface area (Å²) in [5, 5.41) is 12.3. The van der Waals surface area contributed by atoms with E-state index in [9.17, 15) is 19.5 Å². The number of amides is 2. The standard InChI is InChI=1S/C27H30N2O5/c1-3-16(2)23(24(30)29-13-17-12-27(17,15-29)25(31)32)28-26(33)34-14-22-20-10-6-4-8-18(20)19-9-5-7-11-21(19)22/h4-11,16-17,22-23H,3,12-15H2,1-2H3,(H,28,33)(H,31,32)/t16?,17?,23-,27?/m0/s1. The molecule has 4 atom stereocenters. The fourth-order valence-corrected chi connectivity index (χ4v) is 5.63. The van der Waals surface area contributed by atoms with Crippen LogP contribution < -0.4 is 5.32 Å². The van der Waals surface area contributed by atoms with Gasteiger partial charge in [-0.2, -0.15) is 0 Å². The molecule has 3 aliphatic rings. The second-order valence-electron chi connectivity index (χ2n) is 9.91. The van der Waals surface area contributed by atoms with Crippen LogP contribution >= 0.6 is 0 Å². The molecule has 178 valence electrons. The minimum Gasteiger partial charge on any atom is -0.481 e. The summed E-state index contributed by atoms with van der Waals surface area (Å²) in [6, 6.07) is 15.5. The van der Waals surface area contributed by atoms with Gasteiger partial charge in [0, 0.05) is 19.0 Å². The van der Waals surface area contributed by atoms with Gasteiger partial charge in [-0.15, -0.1) is 0 Å². The Kier molecular flexibility index (Phi) is 5.58. The highest BCUT2D eigenvalue weighted by Gasteiger charge is 2.66. The number of carboxylic acid groups (broad SMARTS) is 1. The number of hydrogen-bond donors (Lipinski definition) is 2. The Bertz CT molecular complexity index is 1100. The molecule has 5 rings (SSSR count). The predicted molar refractivity (Wildman–Crippen MR) is 126 cm³/mol. The first-order valence-corrected chi connectivity index (χ1v) is 12.0. The number of ether oxygens (including phenoxy) is 1. The number of alkyl carbamates (subject to hydrolysis) is 1. The highest BCUT2D eigenvalue weighted by Crippen LogP contribution is 2.58. The molecule has 1 saturated heterocycles. The molecule has 0 bridgehead atoms. The lowest BCUT2D eigenvalue weighted by molar-refractivity contribution is -0.144. The zero-order chi connectivity index (χ0) is 24.0. The maximum absolute atomic E-state index is 13.3. The molecule has 1 aliphatic heterocycles. The van der Waals surface area contributed by atoms with Crippen LogP contribution in [0.25, 0.3) is 11.1 Å². The summed E-state index contributed by atoms with van der Waals surface area (Å²) in [5.74, 6) is -1.21. The molecule has 0 radical (unpaired) electrons. The number of aliphatic carboxylic acids is 1. The normalized spacial score (nSPS) is 23.9. The summed E-state index contributed by atoms with van der Waals surface area (Å²) in [6.07, 6.45) is 0.694. The Labute approximate surface area is 199 Å². The van der Waals surface area contributed by atoms with Crippen LogP contribution in [0.4, 0.5) is 4.79 Å². The van der Waals surface area contributed by atoms with E-state index in [1.54, 1.807) is 4.90 Å². The number of nitrogens with zero attached hydrogens (tertiary/aromatic N) is 1. The Morgan fingerprint density at radius 2 is 1.74 bits per heavy atom. The summed E-state index contributed by atoms with van der Waals surface area (Å²) >= 11 is 0. The van der Waals surface area contributed by atoms with Crippen LogP contribution in [0, 0.1) is 17.3 Å². The number of benzene rings is 2. The van der Waals surface area contributed by atoms with E-state index < -0.39 is 23.5 Å². The number of carbonyl (C=O) groups is 3. The number of fused-ring (bicyclic) bond motifs is 4. The number of rotatable bonds is 7. The van der Waals surface area contributed by atoms with Gasteiger partial charge in [0.15, 0.2) is 0 Å². The van der Waals surface area contributed by atoms with Crippen LogP contribution in [-0.2, 0) is 14.3 Å². The molecule has 7 nitrogen and oxygen atoms in total. The maximum Gasteiger partial charge on any atom is 0.407 e. The van der Waals surface area contributed by atoms with Crippen LogP contribution in [0.3, 0.4) is 0 Å². The van der Waals surface area contributed by atoms with Crippen molar-refractivity contribution < 1.29 is 24.2 Å². The van der Waals surface area contributed by atoms with Gasteiger partial charge in [-0.05, 0) is 40.5 Å². The van der Waals surface area contributed by atoms with Crippen LogP contribution in [-0.4, -0.2) is 53.7 Å². The van der Waals surface area contributed by atoms with E-state index in [1.165, 1.54) is 0 Å². The van der Waals surface area contributed by atoms with E-state index in [2.05, 4.69) is 29.6 Å². The van der Waals surface area contributed by atoms with Gasteiger partial charge in [-0.1, -0.05) is 68.8 Å². The van der Waals surface area contributed by atoms with E-state index in [1.807, 2.05) is 38.1 Å². The molecule has 0 aromatic heterocycles. The largest absolute Gasteiger partial charge is 0.481 e. The topological polar surface area (TPSA) is 95.9 Å². The van der Waals surface area contributed by atoms with Crippen LogP contribution in [0.2, 0.25) is 0 Å². The smallest absolute Gasteiger partial charge is 0.407 e. The van der Waals surface area contributed by atoms with Crippen LogP contribution in [0.1, 0.15) is 43.7 Å². The number of carboxylic acids is 1. The fraction of sp³-hybridized carbons (Fsp3) is 0.444. The van der Waals surface area contributed by atoms with Crippen LogP contribution in [0.15, 0.2) is 48.5 Å². The molecular formula is C27H30N2O5. The predicted octanol–water partition coefficient (Wildman–Crippen LogP) is 3.87. The summed E-state index contributed by atoms with van der Waals surface area (Å²) < 4.78 is 5.65. The molecular weight excluding hydrogens is 432 g/mol. The first kappa shape index (κ1) is 22.4. The van der Waals surface area contributed by atoms with Crippen molar-refractivity contribution in [3.8, 4) is 11.1 Å². The Hall–Kier alpha value is -3.35. The highest BCUT2D eigenvalue weighted by molar-refractivity contribution is 5.89. The molecule has 1 saturated carbocycles. The monoisotopic (exact) mass is 462 g/mol. The zero-order valence-corrected chi connectivity index (χ0v) is 19.5. The van der Waals surface area contributed by atoms with Crippen molar-refractivity contribution in [2.45, 2.75) is 38.6 Å². The van der Waals surface area contributed by atoms with Gasteiger partial charge in [0.2, 0.25) is 5.91 Å². The van der Waals surface area contributed by atoms with Gasteiger partial charge in [-0.3, -0.25) is 9.59 Å².